The first-order valence-corrected chi connectivity index (χ1v) is 10.4. The van der Waals surface area contributed by atoms with Crippen LogP contribution in [0, 0.1) is 0 Å². The summed E-state index contributed by atoms with van der Waals surface area (Å²) in [6, 6.07) is 0. The zero-order chi connectivity index (χ0) is 16.8. The van der Waals surface area contributed by atoms with Gasteiger partial charge in [-0.05, 0) is 25.7 Å². The second-order valence-electron chi connectivity index (χ2n) is 7.03. The van der Waals surface area contributed by atoms with Crippen molar-refractivity contribution in [3.63, 3.8) is 0 Å². The van der Waals surface area contributed by atoms with Crippen molar-refractivity contribution in [3.8, 4) is 0 Å². The van der Waals surface area contributed by atoms with E-state index in [9.17, 15) is 0 Å². The van der Waals surface area contributed by atoms with E-state index >= 15 is 0 Å². The fourth-order valence-corrected chi connectivity index (χ4v) is 3.43. The van der Waals surface area contributed by atoms with E-state index in [0.717, 1.165) is 0 Å². The van der Waals surface area contributed by atoms with Gasteiger partial charge in [0.15, 0.2) is 0 Å². The quantitative estimate of drug-likeness (QED) is 0.274. The fraction of sp³-hybridized carbons (Fsp3) is 0.857. The Bertz CT molecular complexity index is 381. The Kier molecular flexibility index (Phi) is 12.0. The minimum absolute atomic E-state index is 1.17. The van der Waals surface area contributed by atoms with Crippen LogP contribution in [-0.2, 0) is 19.5 Å². The Balaban J connectivity index is 2.13. The summed E-state index contributed by atoms with van der Waals surface area (Å²) in [6.07, 6.45) is 22.5. The fourth-order valence-electron chi connectivity index (χ4n) is 3.43. The zero-order valence-electron chi connectivity index (χ0n) is 16.2. The summed E-state index contributed by atoms with van der Waals surface area (Å²) in [7, 11) is 0. The van der Waals surface area contributed by atoms with E-state index in [-0.39, 0.29) is 0 Å². The van der Waals surface area contributed by atoms with Crippen molar-refractivity contribution in [2.24, 2.45) is 0 Å². The van der Waals surface area contributed by atoms with Gasteiger partial charge < -0.3 is 0 Å². The molecule has 134 valence electrons. The third-order valence-corrected chi connectivity index (χ3v) is 4.78. The first kappa shape index (κ1) is 20.3. The number of unbranched alkanes of at least 4 members (excludes halogenated alkanes) is 9. The van der Waals surface area contributed by atoms with Gasteiger partial charge in [-0.1, -0.05) is 72.1 Å². The molecule has 2 nitrogen and oxygen atoms in total. The molecule has 1 rings (SSSR count). The molecule has 0 fully saturated rings. The second kappa shape index (κ2) is 13.6. The number of hydrogen-bond acceptors (Lipinski definition) is 0. The smallest absolute Gasteiger partial charge is 0.234 e. The first-order valence-electron chi connectivity index (χ1n) is 10.4. The van der Waals surface area contributed by atoms with Crippen molar-refractivity contribution in [2.45, 2.75) is 117 Å². The van der Waals surface area contributed by atoms with E-state index in [1.165, 1.54) is 102 Å². The lowest BCUT2D eigenvalue weighted by Crippen LogP contribution is -2.37. The normalized spacial score (nSPS) is 11.3. The summed E-state index contributed by atoms with van der Waals surface area (Å²) >= 11 is 0. The van der Waals surface area contributed by atoms with Crippen molar-refractivity contribution >= 4 is 0 Å². The summed E-state index contributed by atoms with van der Waals surface area (Å²) in [6.45, 7) is 9.22. The Morgan fingerprint density at radius 3 is 1.91 bits per heavy atom. The molecule has 0 atom stereocenters. The van der Waals surface area contributed by atoms with Gasteiger partial charge in [0.2, 0.25) is 0 Å². The maximum atomic E-state index is 2.50. The van der Waals surface area contributed by atoms with E-state index in [1.54, 1.807) is 0 Å². The summed E-state index contributed by atoms with van der Waals surface area (Å²) in [5.41, 5.74) is 0. The van der Waals surface area contributed by atoms with Crippen LogP contribution in [0.15, 0.2) is 12.4 Å². The molecule has 0 bridgehead atoms. The summed E-state index contributed by atoms with van der Waals surface area (Å²) < 4.78 is 4.96. The van der Waals surface area contributed by atoms with E-state index in [4.69, 9.17) is 0 Å². The molecule has 0 aliphatic carbocycles. The van der Waals surface area contributed by atoms with Gasteiger partial charge in [0.1, 0.15) is 12.4 Å². The van der Waals surface area contributed by atoms with Gasteiger partial charge in [-0.2, -0.15) is 0 Å². The van der Waals surface area contributed by atoms with Crippen LogP contribution in [0.2, 0.25) is 0 Å². The Morgan fingerprint density at radius 1 is 0.739 bits per heavy atom. The molecule has 23 heavy (non-hydrogen) atoms. The number of imidazole rings is 1. The Labute approximate surface area is 145 Å². The van der Waals surface area contributed by atoms with Gasteiger partial charge in [-0.15, -0.1) is 0 Å². The van der Waals surface area contributed by atoms with Crippen LogP contribution in [-0.4, -0.2) is 4.57 Å². The van der Waals surface area contributed by atoms with E-state index in [2.05, 4.69) is 42.3 Å². The highest BCUT2D eigenvalue weighted by atomic mass is 15.1. The van der Waals surface area contributed by atoms with Gasteiger partial charge >= 0.3 is 0 Å². The minimum Gasteiger partial charge on any atom is -0.234 e. The molecule has 1 aromatic heterocycles. The molecule has 0 saturated heterocycles. The molecular weight excluding hydrogens is 280 g/mol. The molecule has 1 heterocycles. The van der Waals surface area contributed by atoms with Crippen molar-refractivity contribution in [2.75, 3.05) is 0 Å². The number of hydrogen-bond donors (Lipinski definition) is 0. The molecule has 0 N–H and O–H groups in total. The predicted octanol–water partition coefficient (Wildman–Crippen LogP) is 6.06. The van der Waals surface area contributed by atoms with E-state index in [0.29, 0.717) is 0 Å². The van der Waals surface area contributed by atoms with E-state index in [1.807, 2.05) is 0 Å². The molecule has 0 aliphatic rings. The average molecular weight is 322 g/mol. The monoisotopic (exact) mass is 321 g/mol. The van der Waals surface area contributed by atoms with Gasteiger partial charge in [0, 0.05) is 6.42 Å². The van der Waals surface area contributed by atoms with Crippen LogP contribution in [0.1, 0.15) is 104 Å². The molecule has 0 radical (unpaired) electrons. The molecule has 0 aliphatic heterocycles. The third-order valence-electron chi connectivity index (χ3n) is 4.78. The van der Waals surface area contributed by atoms with Gasteiger partial charge in [-0.3, -0.25) is 0 Å². The Hall–Kier alpha value is -0.790. The van der Waals surface area contributed by atoms with Crippen LogP contribution >= 0.6 is 0 Å². The Morgan fingerprint density at radius 2 is 1.35 bits per heavy atom. The topological polar surface area (TPSA) is 8.81 Å². The minimum atomic E-state index is 1.17. The van der Waals surface area contributed by atoms with Crippen molar-refractivity contribution in [3.05, 3.63) is 18.2 Å². The lowest BCUT2D eigenvalue weighted by Gasteiger charge is -2.04. The van der Waals surface area contributed by atoms with Crippen molar-refractivity contribution in [1.82, 2.24) is 4.57 Å². The van der Waals surface area contributed by atoms with Crippen LogP contribution in [0.5, 0.6) is 0 Å². The van der Waals surface area contributed by atoms with Crippen LogP contribution in [0.3, 0.4) is 0 Å². The highest BCUT2D eigenvalue weighted by Crippen LogP contribution is 2.10. The molecule has 0 saturated carbocycles. The highest BCUT2D eigenvalue weighted by Gasteiger charge is 2.14. The average Bonchev–Trinajstić information content (AvgIpc) is 2.92. The van der Waals surface area contributed by atoms with Gasteiger partial charge in [0.05, 0.1) is 13.1 Å². The van der Waals surface area contributed by atoms with Gasteiger partial charge in [-0.25, -0.2) is 9.13 Å². The van der Waals surface area contributed by atoms with Crippen molar-refractivity contribution < 1.29 is 4.57 Å². The first-order chi connectivity index (χ1) is 11.3. The molecular formula is C21H41N2+. The molecule has 0 aromatic carbocycles. The molecule has 0 unspecified atom stereocenters. The largest absolute Gasteiger partial charge is 0.256 e. The van der Waals surface area contributed by atoms with Crippen LogP contribution < -0.4 is 4.57 Å². The van der Waals surface area contributed by atoms with Crippen LogP contribution in [0.4, 0.5) is 0 Å². The van der Waals surface area contributed by atoms with Crippen LogP contribution in [0.25, 0.3) is 0 Å². The maximum Gasteiger partial charge on any atom is 0.256 e. The zero-order valence-corrected chi connectivity index (χ0v) is 16.2. The molecule has 2 heteroatoms. The number of nitrogens with zero attached hydrogens (tertiary/aromatic N) is 2. The molecule has 0 amide bonds. The van der Waals surface area contributed by atoms with Crippen molar-refractivity contribution in [1.29, 1.82) is 0 Å². The van der Waals surface area contributed by atoms with Gasteiger partial charge in [0.25, 0.3) is 5.82 Å². The number of aromatic nitrogens is 2. The third kappa shape index (κ3) is 8.58. The number of aryl methyl sites for hydroxylation is 2. The lowest BCUT2D eigenvalue weighted by atomic mass is 10.1. The second-order valence-corrected chi connectivity index (χ2v) is 7.03. The maximum absolute atomic E-state index is 2.50. The van der Waals surface area contributed by atoms with E-state index < -0.39 is 0 Å². The molecule has 1 aromatic rings. The lowest BCUT2D eigenvalue weighted by molar-refractivity contribution is -0.704. The summed E-state index contributed by atoms with van der Waals surface area (Å²) in [5.74, 6) is 1.53. The SMILES string of the molecule is CCCCCCCCCCCC[n+]1ccn(CCC)c1CCC. The summed E-state index contributed by atoms with van der Waals surface area (Å²) in [5, 5.41) is 0. The summed E-state index contributed by atoms with van der Waals surface area (Å²) in [4.78, 5) is 0. The number of rotatable bonds is 15. The highest BCUT2D eigenvalue weighted by molar-refractivity contribution is 4.83. The predicted molar refractivity (Wildman–Crippen MR) is 101 cm³/mol. The standard InChI is InChI=1S/C21H41N2/c1-4-7-8-9-10-11-12-13-14-15-18-23-20-19-22(17-6-3)21(23)16-5-2/h19-20H,4-18H2,1-3H3/q+1. The molecule has 0 spiro atoms.